The standard InChI is InChI=1S/C18H29BrN2/c1-13-8-16(13)12-21(5)11-15-7-6-14(9-17(15)19)10-20-18(2,3)4/h6-7,9,13,16,20H,8,10-12H2,1-5H3. The molecule has 1 aromatic carbocycles. The van der Waals surface area contributed by atoms with Crippen LogP contribution in [0.1, 0.15) is 45.2 Å². The number of halogens is 1. The predicted octanol–water partition coefficient (Wildman–Crippen LogP) is 4.43. The summed E-state index contributed by atoms with van der Waals surface area (Å²) in [6, 6.07) is 6.75. The molecule has 0 radical (unpaired) electrons. The van der Waals surface area contributed by atoms with Crippen molar-refractivity contribution in [3.8, 4) is 0 Å². The van der Waals surface area contributed by atoms with Crippen LogP contribution in [-0.4, -0.2) is 24.0 Å². The summed E-state index contributed by atoms with van der Waals surface area (Å²) < 4.78 is 1.23. The molecule has 1 fully saturated rings. The summed E-state index contributed by atoms with van der Waals surface area (Å²) in [6.07, 6.45) is 1.41. The Kier molecular flexibility index (Phi) is 5.50. The van der Waals surface area contributed by atoms with E-state index in [2.05, 4.69) is 79.1 Å². The van der Waals surface area contributed by atoms with Crippen LogP contribution >= 0.6 is 15.9 Å². The van der Waals surface area contributed by atoms with E-state index in [9.17, 15) is 0 Å². The van der Waals surface area contributed by atoms with Gasteiger partial charge in [0, 0.05) is 29.6 Å². The highest BCUT2D eigenvalue weighted by atomic mass is 79.9. The number of benzene rings is 1. The van der Waals surface area contributed by atoms with Gasteiger partial charge in [-0.3, -0.25) is 0 Å². The van der Waals surface area contributed by atoms with E-state index in [-0.39, 0.29) is 5.54 Å². The van der Waals surface area contributed by atoms with Gasteiger partial charge in [-0.15, -0.1) is 0 Å². The molecule has 0 bridgehead atoms. The van der Waals surface area contributed by atoms with E-state index in [0.29, 0.717) is 0 Å². The third kappa shape index (κ3) is 5.72. The Hall–Kier alpha value is -0.380. The second-order valence-corrected chi connectivity index (χ2v) is 8.55. The molecule has 1 aliphatic carbocycles. The third-order valence-electron chi connectivity index (χ3n) is 4.20. The molecule has 1 N–H and O–H groups in total. The Labute approximate surface area is 138 Å². The molecule has 2 atom stereocenters. The molecule has 1 saturated carbocycles. The van der Waals surface area contributed by atoms with Crippen molar-refractivity contribution in [2.75, 3.05) is 13.6 Å². The van der Waals surface area contributed by atoms with E-state index in [0.717, 1.165) is 24.9 Å². The van der Waals surface area contributed by atoms with Crippen molar-refractivity contribution in [2.24, 2.45) is 11.8 Å². The molecular formula is C18H29BrN2. The van der Waals surface area contributed by atoms with Crippen LogP contribution in [0, 0.1) is 11.8 Å². The van der Waals surface area contributed by atoms with Gasteiger partial charge in [-0.05, 0) is 63.3 Å². The highest BCUT2D eigenvalue weighted by molar-refractivity contribution is 9.10. The van der Waals surface area contributed by atoms with E-state index in [1.807, 2.05) is 0 Å². The Morgan fingerprint density at radius 3 is 2.52 bits per heavy atom. The van der Waals surface area contributed by atoms with Crippen LogP contribution in [0.15, 0.2) is 22.7 Å². The van der Waals surface area contributed by atoms with E-state index in [4.69, 9.17) is 0 Å². The Morgan fingerprint density at radius 1 is 1.33 bits per heavy atom. The molecule has 1 aliphatic rings. The molecule has 21 heavy (non-hydrogen) atoms. The van der Waals surface area contributed by atoms with Crippen LogP contribution in [0.2, 0.25) is 0 Å². The van der Waals surface area contributed by atoms with Crippen molar-refractivity contribution in [2.45, 2.75) is 52.7 Å². The van der Waals surface area contributed by atoms with E-state index in [1.165, 1.54) is 28.6 Å². The second-order valence-electron chi connectivity index (χ2n) is 7.70. The first kappa shape index (κ1) is 17.0. The summed E-state index contributed by atoms with van der Waals surface area (Å²) in [4.78, 5) is 2.45. The van der Waals surface area contributed by atoms with Crippen LogP contribution in [0.25, 0.3) is 0 Å². The molecule has 0 saturated heterocycles. The Balaban J connectivity index is 1.89. The van der Waals surface area contributed by atoms with Gasteiger partial charge in [-0.25, -0.2) is 0 Å². The molecule has 0 heterocycles. The van der Waals surface area contributed by atoms with Crippen LogP contribution in [0.4, 0.5) is 0 Å². The van der Waals surface area contributed by atoms with Gasteiger partial charge >= 0.3 is 0 Å². The maximum Gasteiger partial charge on any atom is 0.0242 e. The Morgan fingerprint density at radius 2 is 2.00 bits per heavy atom. The van der Waals surface area contributed by atoms with Crippen molar-refractivity contribution in [1.29, 1.82) is 0 Å². The van der Waals surface area contributed by atoms with Gasteiger partial charge in [0.2, 0.25) is 0 Å². The van der Waals surface area contributed by atoms with Gasteiger partial charge in [0.25, 0.3) is 0 Å². The zero-order valence-corrected chi connectivity index (χ0v) is 15.6. The first-order valence-corrected chi connectivity index (χ1v) is 8.75. The zero-order valence-electron chi connectivity index (χ0n) is 14.0. The minimum atomic E-state index is 0.159. The molecule has 1 aromatic rings. The fourth-order valence-electron chi connectivity index (χ4n) is 2.61. The second kappa shape index (κ2) is 6.80. The molecule has 0 aromatic heterocycles. The average Bonchev–Trinajstić information content (AvgIpc) is 3.04. The third-order valence-corrected chi connectivity index (χ3v) is 4.94. The molecule has 2 unspecified atom stereocenters. The summed E-state index contributed by atoms with van der Waals surface area (Å²) in [7, 11) is 2.23. The number of hydrogen-bond acceptors (Lipinski definition) is 2. The van der Waals surface area contributed by atoms with Gasteiger partial charge in [0.15, 0.2) is 0 Å². The quantitative estimate of drug-likeness (QED) is 0.814. The minimum Gasteiger partial charge on any atom is -0.308 e. The first-order valence-electron chi connectivity index (χ1n) is 7.95. The smallest absolute Gasteiger partial charge is 0.0242 e. The molecule has 0 amide bonds. The minimum absolute atomic E-state index is 0.159. The molecule has 0 spiro atoms. The van der Waals surface area contributed by atoms with Crippen molar-refractivity contribution in [1.82, 2.24) is 10.2 Å². The number of nitrogens with one attached hydrogen (secondary N) is 1. The number of rotatable bonds is 6. The van der Waals surface area contributed by atoms with Gasteiger partial charge < -0.3 is 10.2 Å². The van der Waals surface area contributed by atoms with Crippen LogP contribution in [0.5, 0.6) is 0 Å². The summed E-state index contributed by atoms with van der Waals surface area (Å²) in [5.74, 6) is 1.85. The van der Waals surface area contributed by atoms with E-state index >= 15 is 0 Å². The lowest BCUT2D eigenvalue weighted by atomic mass is 10.1. The first-order chi connectivity index (χ1) is 9.74. The van der Waals surface area contributed by atoms with Crippen LogP contribution in [-0.2, 0) is 13.1 Å². The molecule has 2 nitrogen and oxygen atoms in total. The Bertz CT molecular complexity index is 479. The zero-order chi connectivity index (χ0) is 15.6. The molecule has 118 valence electrons. The summed E-state index contributed by atoms with van der Waals surface area (Å²) in [6.45, 7) is 12.1. The summed E-state index contributed by atoms with van der Waals surface area (Å²) in [5, 5.41) is 3.53. The summed E-state index contributed by atoms with van der Waals surface area (Å²) in [5.41, 5.74) is 2.87. The monoisotopic (exact) mass is 352 g/mol. The fraction of sp³-hybridized carbons (Fsp3) is 0.667. The fourth-order valence-corrected chi connectivity index (χ4v) is 3.16. The van der Waals surface area contributed by atoms with Crippen LogP contribution in [0.3, 0.4) is 0 Å². The highest BCUT2D eigenvalue weighted by Gasteiger charge is 2.33. The summed E-state index contributed by atoms with van der Waals surface area (Å²) >= 11 is 3.74. The lowest BCUT2D eigenvalue weighted by molar-refractivity contribution is 0.307. The maximum absolute atomic E-state index is 3.74. The molecular weight excluding hydrogens is 324 g/mol. The number of hydrogen-bond donors (Lipinski definition) is 1. The van der Waals surface area contributed by atoms with Crippen molar-refractivity contribution in [3.63, 3.8) is 0 Å². The van der Waals surface area contributed by atoms with Gasteiger partial charge in [-0.1, -0.05) is 35.0 Å². The van der Waals surface area contributed by atoms with Gasteiger partial charge in [0.1, 0.15) is 0 Å². The van der Waals surface area contributed by atoms with E-state index in [1.54, 1.807) is 0 Å². The molecule has 0 aliphatic heterocycles. The average molecular weight is 353 g/mol. The van der Waals surface area contributed by atoms with Crippen molar-refractivity contribution in [3.05, 3.63) is 33.8 Å². The SMILES string of the molecule is CC1CC1CN(C)Cc1ccc(CNC(C)(C)C)cc1Br. The highest BCUT2D eigenvalue weighted by Crippen LogP contribution is 2.38. The molecule has 2 rings (SSSR count). The van der Waals surface area contributed by atoms with Crippen LogP contribution < -0.4 is 5.32 Å². The molecule has 3 heteroatoms. The van der Waals surface area contributed by atoms with Gasteiger partial charge in [0.05, 0.1) is 0 Å². The largest absolute Gasteiger partial charge is 0.308 e. The van der Waals surface area contributed by atoms with Crippen molar-refractivity contribution >= 4 is 15.9 Å². The normalized spacial score (nSPS) is 21.9. The topological polar surface area (TPSA) is 15.3 Å². The number of nitrogens with zero attached hydrogens (tertiary/aromatic N) is 1. The maximum atomic E-state index is 3.74. The lowest BCUT2D eigenvalue weighted by Gasteiger charge is -2.21. The van der Waals surface area contributed by atoms with E-state index < -0.39 is 0 Å². The lowest BCUT2D eigenvalue weighted by Crippen LogP contribution is -2.35. The van der Waals surface area contributed by atoms with Crippen molar-refractivity contribution < 1.29 is 0 Å². The predicted molar refractivity (Wildman–Crippen MR) is 94.3 cm³/mol. The van der Waals surface area contributed by atoms with Gasteiger partial charge in [-0.2, -0.15) is 0 Å².